The number of nitrogens with one attached hydrogen (secondary N) is 2. The first-order chi connectivity index (χ1) is 17.1. The number of benzene rings is 2. The molecule has 4 aromatic rings. The van der Waals surface area contributed by atoms with Crippen molar-refractivity contribution in [1.29, 1.82) is 0 Å². The predicted octanol–water partition coefficient (Wildman–Crippen LogP) is 4.82. The molecule has 0 aliphatic carbocycles. The summed E-state index contributed by atoms with van der Waals surface area (Å²) in [4.78, 5) is 25.2. The van der Waals surface area contributed by atoms with Crippen LogP contribution in [-0.4, -0.2) is 67.2 Å². The van der Waals surface area contributed by atoms with Gasteiger partial charge in [0.1, 0.15) is 11.4 Å². The lowest BCUT2D eigenvalue weighted by atomic mass is 10.1. The van der Waals surface area contributed by atoms with Crippen molar-refractivity contribution in [3.8, 4) is 5.75 Å². The molecule has 7 nitrogen and oxygen atoms in total. The highest BCUT2D eigenvalue weighted by molar-refractivity contribution is 9.10. The monoisotopic (exact) mass is 535 g/mol. The summed E-state index contributed by atoms with van der Waals surface area (Å²) in [6.45, 7) is 5.72. The number of carbonyl (C=O) groups is 1. The minimum atomic E-state index is -0.116. The van der Waals surface area contributed by atoms with Gasteiger partial charge in [-0.2, -0.15) is 0 Å². The lowest BCUT2D eigenvalue weighted by Crippen LogP contribution is -2.46. The Bertz CT molecular complexity index is 1330. The Morgan fingerprint density at radius 1 is 1.06 bits per heavy atom. The molecule has 8 heteroatoms. The van der Waals surface area contributed by atoms with E-state index in [0.29, 0.717) is 12.2 Å². The van der Waals surface area contributed by atoms with Crippen molar-refractivity contribution >= 4 is 49.3 Å². The van der Waals surface area contributed by atoms with E-state index in [2.05, 4.69) is 59.2 Å². The van der Waals surface area contributed by atoms with Crippen LogP contribution in [0.5, 0.6) is 5.75 Å². The number of nitrogens with zero attached hydrogens (tertiary/aromatic N) is 3. The SMILES string of the molecule is COc1cc(Br)ccc1N1CCN(CCCCNC(=O)c2cc3c(cn2)[nH]c2ccccc23)CC1. The van der Waals surface area contributed by atoms with Crippen LogP contribution in [0.4, 0.5) is 5.69 Å². The average Bonchev–Trinajstić information content (AvgIpc) is 3.26. The number of aromatic nitrogens is 2. The van der Waals surface area contributed by atoms with Gasteiger partial charge in [-0.1, -0.05) is 34.1 Å². The van der Waals surface area contributed by atoms with E-state index in [1.165, 1.54) is 0 Å². The number of fused-ring (bicyclic) bond motifs is 3. The van der Waals surface area contributed by atoms with Crippen molar-refractivity contribution in [3.63, 3.8) is 0 Å². The molecule has 2 aromatic heterocycles. The second-order valence-electron chi connectivity index (χ2n) is 8.89. The average molecular weight is 536 g/mol. The van der Waals surface area contributed by atoms with E-state index in [4.69, 9.17) is 4.74 Å². The normalized spacial score (nSPS) is 14.5. The number of pyridine rings is 1. The third-order valence-corrected chi connectivity index (χ3v) is 7.16. The van der Waals surface area contributed by atoms with Crippen LogP contribution >= 0.6 is 15.9 Å². The van der Waals surface area contributed by atoms with Crippen LogP contribution in [0.1, 0.15) is 23.3 Å². The summed E-state index contributed by atoms with van der Waals surface area (Å²) in [5.74, 6) is 0.788. The molecule has 3 heterocycles. The maximum absolute atomic E-state index is 12.6. The van der Waals surface area contributed by atoms with Crippen LogP contribution in [0.15, 0.2) is 59.2 Å². The van der Waals surface area contributed by atoms with E-state index < -0.39 is 0 Å². The van der Waals surface area contributed by atoms with Gasteiger partial charge in [0.05, 0.1) is 24.5 Å². The number of halogens is 1. The Morgan fingerprint density at radius 2 is 1.89 bits per heavy atom. The molecular formula is C27H30BrN5O2. The fourth-order valence-electron chi connectivity index (χ4n) is 4.75. The van der Waals surface area contributed by atoms with Crippen LogP contribution in [0, 0.1) is 0 Å². The van der Waals surface area contributed by atoms with Gasteiger partial charge in [-0.05, 0) is 49.7 Å². The first-order valence-corrected chi connectivity index (χ1v) is 12.9. The van der Waals surface area contributed by atoms with Crippen molar-refractivity contribution in [2.45, 2.75) is 12.8 Å². The van der Waals surface area contributed by atoms with Gasteiger partial charge in [-0.15, -0.1) is 0 Å². The highest BCUT2D eigenvalue weighted by atomic mass is 79.9. The second-order valence-corrected chi connectivity index (χ2v) is 9.81. The highest BCUT2D eigenvalue weighted by Gasteiger charge is 2.19. The largest absolute Gasteiger partial charge is 0.495 e. The molecule has 0 radical (unpaired) electrons. The second kappa shape index (κ2) is 10.7. The number of anilines is 1. The Kier molecular flexibility index (Phi) is 7.20. The zero-order valence-electron chi connectivity index (χ0n) is 19.9. The summed E-state index contributed by atoms with van der Waals surface area (Å²) < 4.78 is 6.59. The minimum Gasteiger partial charge on any atom is -0.495 e. The molecule has 1 fully saturated rings. The molecule has 1 saturated heterocycles. The Hall–Kier alpha value is -3.10. The van der Waals surface area contributed by atoms with Crippen LogP contribution in [0.3, 0.4) is 0 Å². The standard InChI is InChI=1S/C27H30BrN5O2/c1-35-26-16-19(28)8-9-25(26)33-14-12-32(13-15-33)11-5-4-10-29-27(34)23-17-21-20-6-2-3-7-22(20)31-24(21)18-30-23/h2-3,6-9,16-18,31H,4-5,10-15H2,1H3,(H,29,34). The minimum absolute atomic E-state index is 0.116. The molecule has 0 bridgehead atoms. The molecular weight excluding hydrogens is 506 g/mol. The molecule has 5 rings (SSSR count). The van der Waals surface area contributed by atoms with E-state index >= 15 is 0 Å². The molecule has 2 N–H and O–H groups in total. The highest BCUT2D eigenvalue weighted by Crippen LogP contribution is 2.32. The predicted molar refractivity (Wildman–Crippen MR) is 145 cm³/mol. The fraction of sp³-hybridized carbons (Fsp3) is 0.333. The lowest BCUT2D eigenvalue weighted by molar-refractivity contribution is 0.0947. The molecule has 1 amide bonds. The lowest BCUT2D eigenvalue weighted by Gasteiger charge is -2.36. The smallest absolute Gasteiger partial charge is 0.269 e. The zero-order chi connectivity index (χ0) is 24.2. The number of para-hydroxylation sites is 1. The number of piperazine rings is 1. The fourth-order valence-corrected chi connectivity index (χ4v) is 5.09. The summed E-state index contributed by atoms with van der Waals surface area (Å²) in [5.41, 5.74) is 3.61. The van der Waals surface area contributed by atoms with Gasteiger partial charge in [0.15, 0.2) is 0 Å². The van der Waals surface area contributed by atoms with Crippen molar-refractivity contribution in [2.24, 2.45) is 0 Å². The number of amides is 1. The number of H-pyrrole nitrogens is 1. The van der Waals surface area contributed by atoms with Gasteiger partial charge < -0.3 is 19.9 Å². The summed E-state index contributed by atoms with van der Waals surface area (Å²) >= 11 is 3.51. The number of hydrogen-bond donors (Lipinski definition) is 2. The third-order valence-electron chi connectivity index (χ3n) is 6.66. The Balaban J connectivity index is 1.06. The van der Waals surface area contributed by atoms with Crippen LogP contribution < -0.4 is 15.0 Å². The quantitative estimate of drug-likeness (QED) is 0.316. The van der Waals surface area contributed by atoms with Crippen LogP contribution in [-0.2, 0) is 0 Å². The van der Waals surface area contributed by atoms with Crippen molar-refractivity contribution in [1.82, 2.24) is 20.2 Å². The van der Waals surface area contributed by atoms with E-state index in [9.17, 15) is 4.79 Å². The molecule has 0 atom stereocenters. The third kappa shape index (κ3) is 5.28. The molecule has 35 heavy (non-hydrogen) atoms. The van der Waals surface area contributed by atoms with Crippen LogP contribution in [0.2, 0.25) is 0 Å². The number of hydrogen-bond acceptors (Lipinski definition) is 5. The molecule has 182 valence electrons. The number of aromatic amines is 1. The van der Waals surface area contributed by atoms with Crippen molar-refractivity contribution in [3.05, 3.63) is 64.9 Å². The van der Waals surface area contributed by atoms with Gasteiger partial charge in [-0.25, -0.2) is 4.98 Å². The topological polar surface area (TPSA) is 73.5 Å². The Labute approximate surface area is 213 Å². The summed E-state index contributed by atoms with van der Waals surface area (Å²) in [6.07, 6.45) is 3.74. The summed E-state index contributed by atoms with van der Waals surface area (Å²) in [7, 11) is 1.72. The first-order valence-electron chi connectivity index (χ1n) is 12.1. The number of ether oxygens (including phenoxy) is 1. The molecule has 0 saturated carbocycles. The number of carbonyl (C=O) groups excluding carboxylic acids is 1. The Morgan fingerprint density at radius 3 is 2.71 bits per heavy atom. The van der Waals surface area contributed by atoms with Crippen LogP contribution in [0.25, 0.3) is 21.8 Å². The summed E-state index contributed by atoms with van der Waals surface area (Å²) in [6, 6.07) is 16.2. The molecule has 1 aliphatic rings. The van der Waals surface area contributed by atoms with Gasteiger partial charge >= 0.3 is 0 Å². The van der Waals surface area contributed by atoms with Gasteiger partial charge in [0.2, 0.25) is 0 Å². The van der Waals surface area contributed by atoms with Crippen molar-refractivity contribution in [2.75, 3.05) is 51.3 Å². The van der Waals surface area contributed by atoms with Gasteiger partial charge in [-0.3, -0.25) is 9.69 Å². The molecule has 2 aromatic carbocycles. The summed E-state index contributed by atoms with van der Waals surface area (Å²) in [5, 5.41) is 5.17. The molecule has 0 spiro atoms. The zero-order valence-corrected chi connectivity index (χ0v) is 21.5. The van der Waals surface area contributed by atoms with E-state index in [0.717, 1.165) is 83.3 Å². The number of unbranched alkanes of at least 4 members (excludes halogenated alkanes) is 1. The van der Waals surface area contributed by atoms with Crippen molar-refractivity contribution < 1.29 is 9.53 Å². The van der Waals surface area contributed by atoms with E-state index in [-0.39, 0.29) is 5.91 Å². The molecule has 0 unspecified atom stereocenters. The number of rotatable bonds is 8. The number of methoxy groups -OCH3 is 1. The van der Waals surface area contributed by atoms with E-state index in [1.807, 2.05) is 30.3 Å². The van der Waals surface area contributed by atoms with Gasteiger partial charge in [0, 0.05) is 53.5 Å². The van der Waals surface area contributed by atoms with E-state index in [1.54, 1.807) is 13.3 Å². The maximum Gasteiger partial charge on any atom is 0.269 e. The maximum atomic E-state index is 12.6. The van der Waals surface area contributed by atoms with Gasteiger partial charge in [0.25, 0.3) is 5.91 Å². The molecule has 1 aliphatic heterocycles. The first kappa shape index (κ1) is 23.6.